The van der Waals surface area contributed by atoms with E-state index in [-0.39, 0.29) is 12.6 Å². The predicted octanol–water partition coefficient (Wildman–Crippen LogP) is 5.90. The Balaban J connectivity index is 2.47. The van der Waals surface area contributed by atoms with E-state index < -0.39 is 23.4 Å². The van der Waals surface area contributed by atoms with Gasteiger partial charge in [-0.25, -0.2) is 4.57 Å². The average Bonchev–Trinajstić information content (AvgIpc) is 2.54. The van der Waals surface area contributed by atoms with Gasteiger partial charge in [-0.1, -0.05) is 6.42 Å². The number of nitrogens with zero attached hydrogens (tertiary/aromatic N) is 1. The van der Waals surface area contributed by atoms with Crippen molar-refractivity contribution in [3.8, 4) is 0 Å². The summed E-state index contributed by atoms with van der Waals surface area (Å²) in [6, 6.07) is 0. The maximum Gasteiger partial charge on any atom is 0.390 e. The summed E-state index contributed by atoms with van der Waals surface area (Å²) in [4.78, 5) is 15.0. The smallest absolute Gasteiger partial charge is 0.390 e. The van der Waals surface area contributed by atoms with Crippen molar-refractivity contribution in [2.45, 2.75) is 92.3 Å². The second-order valence-electron chi connectivity index (χ2n) is 10.4. The van der Waals surface area contributed by atoms with Crippen LogP contribution in [0.15, 0.2) is 0 Å². The van der Waals surface area contributed by atoms with Gasteiger partial charge in [0.05, 0.1) is 16.6 Å². The van der Waals surface area contributed by atoms with Crippen molar-refractivity contribution >= 4 is 24.1 Å². The molecule has 8 heteroatoms. The molecule has 0 aromatic carbocycles. The van der Waals surface area contributed by atoms with Gasteiger partial charge >= 0.3 is 12.8 Å². The molecule has 1 fully saturated rings. The lowest BCUT2D eigenvalue weighted by atomic mass is 9.89. The first kappa shape index (κ1) is 27.0. The van der Waals surface area contributed by atoms with Gasteiger partial charge in [-0.2, -0.15) is 0 Å². The summed E-state index contributed by atoms with van der Waals surface area (Å²) in [6.45, 7) is 14.9. The van der Waals surface area contributed by atoms with Crippen molar-refractivity contribution in [3.63, 3.8) is 0 Å². The van der Waals surface area contributed by atoms with Crippen molar-refractivity contribution in [1.82, 2.24) is 4.90 Å². The molecular weight excluding hydrogens is 409 g/mol. The number of piperidine rings is 1. The quantitative estimate of drug-likeness (QED) is 0.233. The number of hydrogen-bond acceptors (Lipinski definition) is 7. The highest BCUT2D eigenvalue weighted by Gasteiger charge is 2.36. The second-order valence-corrected chi connectivity index (χ2v) is 14.4. The largest absolute Gasteiger partial charge is 0.464 e. The fourth-order valence-corrected chi connectivity index (χ4v) is 7.36. The van der Waals surface area contributed by atoms with E-state index in [0.717, 1.165) is 37.4 Å². The zero-order chi connectivity index (χ0) is 22.3. The molecule has 1 aliphatic rings. The van der Waals surface area contributed by atoms with Gasteiger partial charge in [0, 0.05) is 5.75 Å². The van der Waals surface area contributed by atoms with Crippen molar-refractivity contribution in [1.29, 1.82) is 0 Å². The minimum absolute atomic E-state index is 0.182. The van der Waals surface area contributed by atoms with E-state index in [0.29, 0.717) is 5.75 Å². The first-order valence-corrected chi connectivity index (χ1v) is 13.8. The summed E-state index contributed by atoms with van der Waals surface area (Å²) in [5.41, 5.74) is -1.72. The van der Waals surface area contributed by atoms with Gasteiger partial charge in [-0.05, 0) is 106 Å². The van der Waals surface area contributed by atoms with Crippen LogP contribution in [0.25, 0.3) is 0 Å². The van der Waals surface area contributed by atoms with Crippen molar-refractivity contribution in [2.75, 3.05) is 32.0 Å². The van der Waals surface area contributed by atoms with Crippen LogP contribution in [-0.2, 0) is 23.1 Å². The molecule has 0 bridgehead atoms. The summed E-state index contributed by atoms with van der Waals surface area (Å²) in [6.07, 6.45) is 4.57. The third-order valence-electron chi connectivity index (χ3n) is 4.39. The Kier molecular flexibility index (Phi) is 10.2. The van der Waals surface area contributed by atoms with Crippen LogP contribution < -0.4 is 0 Å². The van der Waals surface area contributed by atoms with E-state index in [9.17, 15) is 9.36 Å². The van der Waals surface area contributed by atoms with Crippen LogP contribution in [0.2, 0.25) is 0 Å². The summed E-state index contributed by atoms with van der Waals surface area (Å²) in [5.74, 6) is 0.149. The number of hydrogen-bond donors (Lipinski definition) is 0. The summed E-state index contributed by atoms with van der Waals surface area (Å²) >= 11 is 1.09. The fourth-order valence-electron chi connectivity index (χ4n) is 2.94. The Bertz CT molecular complexity index is 542. The molecule has 172 valence electrons. The van der Waals surface area contributed by atoms with E-state index in [2.05, 4.69) is 4.90 Å². The van der Waals surface area contributed by atoms with Gasteiger partial charge in [0.25, 0.3) is 0 Å². The standard InChI is InChI=1S/C21H42NO5PS/c1-19(2,3)26-28(24,27-20(4,5)6)29-17-16-25-18(23)21(7,8)12-15-22-13-10-9-11-14-22/h9-17H2,1-8H3. The Labute approximate surface area is 182 Å². The minimum atomic E-state index is -3.38. The molecule has 0 aromatic rings. The molecule has 0 amide bonds. The lowest BCUT2D eigenvalue weighted by Gasteiger charge is -2.31. The van der Waals surface area contributed by atoms with Gasteiger partial charge in [0.1, 0.15) is 6.61 Å². The molecule has 0 radical (unpaired) electrons. The van der Waals surface area contributed by atoms with Crippen LogP contribution in [0, 0.1) is 5.41 Å². The molecule has 1 saturated heterocycles. The second kappa shape index (κ2) is 11.0. The lowest BCUT2D eigenvalue weighted by Crippen LogP contribution is -2.36. The molecule has 0 saturated carbocycles. The molecule has 1 aliphatic heterocycles. The van der Waals surface area contributed by atoms with Crippen molar-refractivity contribution < 1.29 is 23.1 Å². The molecule has 0 aliphatic carbocycles. The lowest BCUT2D eigenvalue weighted by molar-refractivity contribution is -0.153. The third kappa shape index (κ3) is 11.8. The molecule has 0 N–H and O–H groups in total. The van der Waals surface area contributed by atoms with E-state index in [1.54, 1.807) is 0 Å². The highest BCUT2D eigenvalue weighted by Crippen LogP contribution is 2.64. The number of carbonyl (C=O) groups excluding carboxylic acids is 1. The molecule has 0 unspecified atom stereocenters. The summed E-state index contributed by atoms with van der Waals surface area (Å²) in [7, 11) is 0. The zero-order valence-corrected chi connectivity index (χ0v) is 21.4. The van der Waals surface area contributed by atoms with Gasteiger partial charge in [0.2, 0.25) is 0 Å². The molecule has 0 aromatic heterocycles. The Morgan fingerprint density at radius 2 is 1.45 bits per heavy atom. The first-order chi connectivity index (χ1) is 13.1. The average molecular weight is 452 g/mol. The number of rotatable bonds is 10. The van der Waals surface area contributed by atoms with Crippen LogP contribution in [-0.4, -0.2) is 54.1 Å². The summed E-state index contributed by atoms with van der Waals surface area (Å²) < 4.78 is 30.1. The van der Waals surface area contributed by atoms with Gasteiger partial charge < -0.3 is 9.64 Å². The van der Waals surface area contributed by atoms with Crippen LogP contribution in [0.4, 0.5) is 0 Å². The van der Waals surface area contributed by atoms with Crippen molar-refractivity contribution in [3.05, 3.63) is 0 Å². The van der Waals surface area contributed by atoms with Crippen molar-refractivity contribution in [2.24, 2.45) is 5.41 Å². The van der Waals surface area contributed by atoms with E-state index in [1.807, 2.05) is 55.4 Å². The Hall–Kier alpha value is -0.0700. The topological polar surface area (TPSA) is 65.1 Å². The molecular formula is C21H42NO5PS. The minimum Gasteiger partial charge on any atom is -0.464 e. The number of ether oxygens (including phenoxy) is 1. The number of likely N-dealkylation sites (tertiary alicyclic amines) is 1. The molecule has 6 nitrogen and oxygen atoms in total. The maximum absolute atomic E-state index is 13.1. The van der Waals surface area contributed by atoms with Gasteiger partial charge in [-0.3, -0.25) is 13.8 Å². The predicted molar refractivity (Wildman–Crippen MR) is 121 cm³/mol. The van der Waals surface area contributed by atoms with Gasteiger partial charge in [0.15, 0.2) is 0 Å². The van der Waals surface area contributed by atoms with E-state index in [4.69, 9.17) is 13.8 Å². The molecule has 1 heterocycles. The highest BCUT2D eigenvalue weighted by molar-refractivity contribution is 8.55. The van der Waals surface area contributed by atoms with E-state index >= 15 is 0 Å². The maximum atomic E-state index is 13.1. The van der Waals surface area contributed by atoms with Crippen LogP contribution in [0.1, 0.15) is 81.1 Å². The van der Waals surface area contributed by atoms with E-state index in [1.165, 1.54) is 19.3 Å². The number of carbonyl (C=O) groups is 1. The third-order valence-corrected chi connectivity index (χ3v) is 8.54. The monoisotopic (exact) mass is 451 g/mol. The fraction of sp³-hybridized carbons (Fsp3) is 0.952. The molecule has 29 heavy (non-hydrogen) atoms. The van der Waals surface area contributed by atoms with Crippen LogP contribution in [0.5, 0.6) is 0 Å². The molecule has 0 atom stereocenters. The van der Waals surface area contributed by atoms with Crippen LogP contribution in [0.3, 0.4) is 0 Å². The summed E-state index contributed by atoms with van der Waals surface area (Å²) in [5, 5.41) is 0. The highest BCUT2D eigenvalue weighted by atomic mass is 32.7. The zero-order valence-electron chi connectivity index (χ0n) is 19.7. The SMILES string of the molecule is CC(C)(C)OP(=O)(OC(C)(C)C)SCCOC(=O)C(C)(C)CCN1CCCCC1. The molecule has 0 spiro atoms. The normalized spacial score (nSPS) is 17.4. The Morgan fingerprint density at radius 3 is 1.93 bits per heavy atom. The van der Waals surface area contributed by atoms with Gasteiger partial charge in [-0.15, -0.1) is 0 Å². The van der Waals surface area contributed by atoms with Crippen LogP contribution >= 0.6 is 18.2 Å². The Morgan fingerprint density at radius 1 is 0.931 bits per heavy atom. The number of esters is 1. The molecule has 1 rings (SSSR count). The first-order valence-electron chi connectivity index (χ1n) is 10.7.